The first-order valence-corrected chi connectivity index (χ1v) is 9.08. The molecule has 0 unspecified atom stereocenters. The first-order valence-electron chi connectivity index (χ1n) is 8.09. The van der Waals surface area contributed by atoms with Gasteiger partial charge in [0.1, 0.15) is 0 Å². The summed E-state index contributed by atoms with van der Waals surface area (Å²) < 4.78 is 77.1. The molecule has 1 aliphatic rings. The van der Waals surface area contributed by atoms with Crippen LogP contribution in [0.1, 0.15) is 18.1 Å². The minimum Gasteiger partial charge on any atom is -0.337 e. The highest BCUT2D eigenvalue weighted by molar-refractivity contribution is 8.14. The van der Waals surface area contributed by atoms with Gasteiger partial charge in [-0.3, -0.25) is 19.2 Å². The number of halogens is 6. The molecular weight excluding hydrogens is 458 g/mol. The molecule has 0 saturated carbocycles. The molecule has 1 aromatic rings. The average molecular weight is 470 g/mol. The standard InChI is InChI=1S/C16H12F6N4O4S/c1-6(27)23-11-12(29)25-14(26-13(11)30)31-5-10(28)24-9-3-7(15(17,18)19)2-8(4-9)16(20,21)22/h2-4,11H,5H2,1H3,(H,23,27)(H,24,28)(H,25,26,29,30). The number of thioether (sulfide) groups is 1. The molecule has 2 rings (SSSR count). The summed E-state index contributed by atoms with van der Waals surface area (Å²) in [6.07, 6.45) is -10.2. The normalized spacial score (nSPS) is 17.0. The Morgan fingerprint density at radius 2 is 1.61 bits per heavy atom. The minimum atomic E-state index is -5.08. The summed E-state index contributed by atoms with van der Waals surface area (Å²) in [5, 5.41) is 5.76. The first kappa shape index (κ1) is 24.2. The van der Waals surface area contributed by atoms with E-state index in [1.54, 1.807) is 0 Å². The molecule has 0 spiro atoms. The molecule has 0 aliphatic carbocycles. The molecule has 31 heavy (non-hydrogen) atoms. The summed E-state index contributed by atoms with van der Waals surface area (Å²) >= 11 is 0.501. The van der Waals surface area contributed by atoms with Gasteiger partial charge in [0.2, 0.25) is 11.8 Å². The molecule has 15 heteroatoms. The van der Waals surface area contributed by atoms with Crippen LogP contribution in [0.3, 0.4) is 0 Å². The lowest BCUT2D eigenvalue weighted by atomic mass is 10.1. The van der Waals surface area contributed by atoms with Crippen molar-refractivity contribution in [3.05, 3.63) is 29.3 Å². The molecule has 168 valence electrons. The van der Waals surface area contributed by atoms with Crippen molar-refractivity contribution in [1.29, 1.82) is 0 Å². The molecule has 0 aromatic heterocycles. The zero-order valence-corrected chi connectivity index (χ0v) is 16.1. The predicted octanol–water partition coefficient (Wildman–Crippen LogP) is 1.91. The second-order valence-electron chi connectivity index (χ2n) is 6.01. The summed E-state index contributed by atoms with van der Waals surface area (Å²) in [6, 6.07) is -0.978. The van der Waals surface area contributed by atoms with Gasteiger partial charge in [-0.2, -0.15) is 31.3 Å². The Balaban J connectivity index is 2.09. The number of carbonyl (C=O) groups excluding carboxylic acids is 4. The van der Waals surface area contributed by atoms with Crippen molar-refractivity contribution in [2.45, 2.75) is 25.3 Å². The number of rotatable bonds is 4. The lowest BCUT2D eigenvalue weighted by molar-refractivity contribution is -0.143. The molecule has 1 aromatic carbocycles. The van der Waals surface area contributed by atoms with Crippen LogP contribution in [0.2, 0.25) is 0 Å². The van der Waals surface area contributed by atoms with Crippen molar-refractivity contribution in [1.82, 2.24) is 10.6 Å². The predicted molar refractivity (Wildman–Crippen MR) is 95.7 cm³/mol. The third-order valence-electron chi connectivity index (χ3n) is 3.51. The van der Waals surface area contributed by atoms with Crippen LogP contribution in [0.4, 0.5) is 32.0 Å². The van der Waals surface area contributed by atoms with Gasteiger partial charge in [0, 0.05) is 12.6 Å². The Hall–Kier alpha value is -3.10. The number of hydrogen-bond acceptors (Lipinski definition) is 5. The molecule has 3 N–H and O–H groups in total. The third-order valence-corrected chi connectivity index (χ3v) is 4.38. The van der Waals surface area contributed by atoms with E-state index in [9.17, 15) is 45.5 Å². The summed E-state index contributed by atoms with van der Waals surface area (Å²) in [6.45, 7) is 1.07. The summed E-state index contributed by atoms with van der Waals surface area (Å²) in [7, 11) is 0. The summed E-state index contributed by atoms with van der Waals surface area (Å²) in [4.78, 5) is 49.9. The fourth-order valence-corrected chi connectivity index (χ4v) is 2.91. The largest absolute Gasteiger partial charge is 0.416 e. The molecule has 0 bridgehead atoms. The molecule has 0 saturated heterocycles. The van der Waals surface area contributed by atoms with Gasteiger partial charge in [-0.1, -0.05) is 11.8 Å². The van der Waals surface area contributed by atoms with E-state index in [2.05, 4.69) is 15.6 Å². The number of hydrogen-bond donors (Lipinski definition) is 3. The maximum atomic E-state index is 12.9. The number of benzene rings is 1. The van der Waals surface area contributed by atoms with E-state index in [0.717, 1.165) is 6.92 Å². The van der Waals surface area contributed by atoms with Crippen LogP contribution in [-0.2, 0) is 31.5 Å². The fourth-order valence-electron chi connectivity index (χ4n) is 2.24. The highest BCUT2D eigenvalue weighted by Crippen LogP contribution is 2.37. The zero-order valence-electron chi connectivity index (χ0n) is 15.3. The molecular formula is C16H12F6N4O4S. The van der Waals surface area contributed by atoms with Gasteiger partial charge >= 0.3 is 12.4 Å². The van der Waals surface area contributed by atoms with Crippen molar-refractivity contribution >= 4 is 46.2 Å². The SMILES string of the molecule is CC(=O)N[C@@H]1C(=O)N=C(SCC(=O)Nc2cc(C(F)(F)F)cc(C(F)(F)F)c2)NC1=O. The lowest BCUT2D eigenvalue weighted by Gasteiger charge is -2.19. The van der Waals surface area contributed by atoms with Gasteiger partial charge in [0.15, 0.2) is 11.2 Å². The number of amidine groups is 1. The van der Waals surface area contributed by atoms with Crippen LogP contribution < -0.4 is 16.0 Å². The van der Waals surface area contributed by atoms with Crippen molar-refractivity contribution < 1.29 is 45.5 Å². The molecule has 1 aliphatic heterocycles. The Bertz CT molecular complexity index is 928. The van der Waals surface area contributed by atoms with E-state index in [4.69, 9.17) is 0 Å². The highest BCUT2D eigenvalue weighted by atomic mass is 32.2. The fraction of sp³-hybridized carbons (Fsp3) is 0.312. The highest BCUT2D eigenvalue weighted by Gasteiger charge is 2.37. The Kier molecular flexibility index (Phi) is 6.98. The number of alkyl halides is 6. The molecule has 1 atom stereocenters. The number of aliphatic imine (C=N–C) groups is 1. The van der Waals surface area contributed by atoms with Gasteiger partial charge in [0.05, 0.1) is 16.9 Å². The average Bonchev–Trinajstić information content (AvgIpc) is 2.61. The number of nitrogens with one attached hydrogen (secondary N) is 3. The second kappa shape index (κ2) is 8.95. The Labute approximate surface area is 173 Å². The number of anilines is 1. The smallest absolute Gasteiger partial charge is 0.337 e. The molecule has 1 heterocycles. The van der Waals surface area contributed by atoms with E-state index >= 15 is 0 Å². The van der Waals surface area contributed by atoms with Crippen LogP contribution in [0.5, 0.6) is 0 Å². The van der Waals surface area contributed by atoms with E-state index in [1.165, 1.54) is 0 Å². The van der Waals surface area contributed by atoms with Crippen molar-refractivity contribution in [2.75, 3.05) is 11.1 Å². The first-order chi connectivity index (χ1) is 14.2. The number of amides is 4. The summed E-state index contributed by atoms with van der Waals surface area (Å²) in [5.74, 6) is -4.24. The van der Waals surface area contributed by atoms with Crippen LogP contribution in [-0.4, -0.2) is 40.6 Å². The zero-order chi connectivity index (χ0) is 23.6. The Morgan fingerprint density at radius 3 is 2.06 bits per heavy atom. The second-order valence-corrected chi connectivity index (χ2v) is 6.97. The maximum Gasteiger partial charge on any atom is 0.416 e. The number of carbonyl (C=O) groups is 4. The molecule has 4 amide bonds. The van der Waals surface area contributed by atoms with Gasteiger partial charge in [-0.05, 0) is 18.2 Å². The quantitative estimate of drug-likeness (QED) is 0.459. The van der Waals surface area contributed by atoms with Crippen LogP contribution in [0, 0.1) is 0 Å². The van der Waals surface area contributed by atoms with Crippen molar-refractivity contribution in [2.24, 2.45) is 4.99 Å². The molecule has 0 radical (unpaired) electrons. The molecule has 0 fully saturated rings. The third kappa shape index (κ3) is 6.70. The Morgan fingerprint density at radius 1 is 1.06 bits per heavy atom. The molecule has 8 nitrogen and oxygen atoms in total. The van der Waals surface area contributed by atoms with Crippen LogP contribution in [0.15, 0.2) is 23.2 Å². The van der Waals surface area contributed by atoms with Crippen LogP contribution >= 0.6 is 11.8 Å². The van der Waals surface area contributed by atoms with Crippen LogP contribution in [0.25, 0.3) is 0 Å². The van der Waals surface area contributed by atoms with Gasteiger partial charge in [-0.15, -0.1) is 0 Å². The summed E-state index contributed by atoms with van der Waals surface area (Å²) in [5.41, 5.74) is -3.96. The van der Waals surface area contributed by atoms with Crippen molar-refractivity contribution in [3.8, 4) is 0 Å². The van der Waals surface area contributed by atoms with Gasteiger partial charge < -0.3 is 16.0 Å². The lowest BCUT2D eigenvalue weighted by Crippen LogP contribution is -2.54. The van der Waals surface area contributed by atoms with Gasteiger partial charge in [-0.25, -0.2) is 0 Å². The van der Waals surface area contributed by atoms with Crippen molar-refractivity contribution in [3.63, 3.8) is 0 Å². The topological polar surface area (TPSA) is 117 Å². The van der Waals surface area contributed by atoms with E-state index in [0.29, 0.717) is 23.9 Å². The van der Waals surface area contributed by atoms with E-state index in [-0.39, 0.29) is 11.2 Å². The van der Waals surface area contributed by atoms with Gasteiger partial charge in [0.25, 0.3) is 11.8 Å². The number of nitrogens with zero attached hydrogens (tertiary/aromatic N) is 1. The van der Waals surface area contributed by atoms with E-state index in [1.807, 2.05) is 5.32 Å². The monoisotopic (exact) mass is 470 g/mol. The van der Waals surface area contributed by atoms with E-state index < -0.39 is 64.6 Å². The minimum absolute atomic E-state index is 0.0895. The maximum absolute atomic E-state index is 12.9.